The minimum Gasteiger partial charge on any atom is -0.480 e. The second-order valence-electron chi connectivity index (χ2n) is 2.00. The Bertz CT molecular complexity index is 150. The van der Waals surface area contributed by atoms with Crippen LogP contribution in [0.25, 0.3) is 0 Å². The average Bonchev–Trinajstić information content (AvgIpc) is 1.88. The molecule has 4 heteroatoms. The number of nitriles is 1. The highest BCUT2D eigenvalue weighted by Crippen LogP contribution is 1.97. The largest absolute Gasteiger partial charge is 0.480 e. The normalized spacial score (nSPS) is 12.0. The van der Waals surface area contributed by atoms with Crippen molar-refractivity contribution in [1.82, 2.24) is 0 Å². The van der Waals surface area contributed by atoms with Gasteiger partial charge in [-0.05, 0) is 12.8 Å². The van der Waals surface area contributed by atoms with Crippen molar-refractivity contribution in [1.29, 1.82) is 5.26 Å². The fraction of sp³-hybridized carbons (Fsp3) is 0.667. The van der Waals surface area contributed by atoms with Gasteiger partial charge in [-0.3, -0.25) is 4.79 Å². The molecule has 0 spiro atoms. The van der Waals surface area contributed by atoms with Crippen LogP contribution in [-0.2, 0) is 4.79 Å². The van der Waals surface area contributed by atoms with Crippen molar-refractivity contribution in [2.24, 2.45) is 5.73 Å². The van der Waals surface area contributed by atoms with Crippen LogP contribution in [-0.4, -0.2) is 17.1 Å². The van der Waals surface area contributed by atoms with Gasteiger partial charge in [-0.2, -0.15) is 5.26 Å². The lowest BCUT2D eigenvalue weighted by Gasteiger charge is -2.01. The summed E-state index contributed by atoms with van der Waals surface area (Å²) >= 11 is 0. The molecule has 0 radical (unpaired) electrons. The Hall–Kier alpha value is -1.08. The molecule has 3 N–H and O–H groups in total. The number of hydrogen-bond donors (Lipinski definition) is 2. The Labute approximate surface area is 59.3 Å². The molecule has 10 heavy (non-hydrogen) atoms. The Morgan fingerprint density at radius 2 is 2.40 bits per heavy atom. The van der Waals surface area contributed by atoms with E-state index in [1.165, 1.54) is 0 Å². The molecule has 0 amide bonds. The molecular weight excluding hydrogens is 132 g/mol. The third-order valence-electron chi connectivity index (χ3n) is 1.12. The minimum atomic E-state index is -1.00. The van der Waals surface area contributed by atoms with Crippen molar-refractivity contribution in [3.63, 3.8) is 0 Å². The maximum atomic E-state index is 10.1. The van der Waals surface area contributed by atoms with Crippen LogP contribution < -0.4 is 5.73 Å². The molecule has 0 bridgehead atoms. The number of hydrogen-bond acceptors (Lipinski definition) is 3. The van der Waals surface area contributed by atoms with E-state index in [9.17, 15) is 4.79 Å². The zero-order valence-electron chi connectivity index (χ0n) is 5.58. The van der Waals surface area contributed by atoms with Crippen LogP contribution in [0.3, 0.4) is 0 Å². The van der Waals surface area contributed by atoms with Crippen molar-refractivity contribution in [3.05, 3.63) is 0 Å². The van der Waals surface area contributed by atoms with Gasteiger partial charge < -0.3 is 10.8 Å². The second-order valence-corrected chi connectivity index (χ2v) is 2.00. The molecule has 1 unspecified atom stereocenters. The van der Waals surface area contributed by atoms with Gasteiger partial charge in [-0.25, -0.2) is 0 Å². The van der Waals surface area contributed by atoms with Crippen LogP contribution in [0.4, 0.5) is 0 Å². The van der Waals surface area contributed by atoms with Crippen molar-refractivity contribution >= 4 is 5.97 Å². The quantitative estimate of drug-likeness (QED) is 0.544. The maximum Gasteiger partial charge on any atom is 0.320 e. The fourth-order valence-electron chi connectivity index (χ4n) is 0.525. The molecule has 0 aromatic carbocycles. The highest BCUT2D eigenvalue weighted by atomic mass is 16.4. The third kappa shape index (κ3) is 3.87. The standard InChI is InChI=1S/C6H10N2O2/c7-4-2-1-3-5(8)6(9)10/h5H,1-3,8H2,(H,9,10). The molecule has 0 aromatic heterocycles. The van der Waals surface area contributed by atoms with Crippen LogP contribution in [0.5, 0.6) is 0 Å². The molecule has 0 saturated heterocycles. The Morgan fingerprint density at radius 3 is 2.80 bits per heavy atom. The lowest BCUT2D eigenvalue weighted by atomic mass is 10.1. The van der Waals surface area contributed by atoms with E-state index in [1.807, 2.05) is 6.07 Å². The molecule has 0 rings (SSSR count). The number of carboxylic acids is 1. The predicted molar refractivity (Wildman–Crippen MR) is 35.1 cm³/mol. The van der Waals surface area contributed by atoms with Gasteiger partial charge in [0.15, 0.2) is 0 Å². The number of rotatable bonds is 4. The number of unbranched alkanes of at least 4 members (excludes halogenated alkanes) is 1. The molecule has 0 aliphatic rings. The minimum absolute atomic E-state index is 0.376. The van der Waals surface area contributed by atoms with Gasteiger partial charge in [-0.15, -0.1) is 0 Å². The molecule has 0 heterocycles. The monoisotopic (exact) mass is 142 g/mol. The van der Waals surface area contributed by atoms with Crippen molar-refractivity contribution in [3.8, 4) is 6.07 Å². The Kier molecular flexibility index (Phi) is 4.25. The number of aliphatic carboxylic acids is 1. The summed E-state index contributed by atoms with van der Waals surface area (Å²) in [5.41, 5.74) is 5.15. The van der Waals surface area contributed by atoms with Crippen LogP contribution in [0.1, 0.15) is 19.3 Å². The SMILES string of the molecule is N#CCCCC(N)C(=O)O. The zero-order valence-corrected chi connectivity index (χ0v) is 5.58. The van der Waals surface area contributed by atoms with E-state index in [0.717, 1.165) is 0 Å². The first-order valence-electron chi connectivity index (χ1n) is 3.04. The molecule has 4 nitrogen and oxygen atoms in total. The van der Waals surface area contributed by atoms with Gasteiger partial charge in [0, 0.05) is 6.42 Å². The summed E-state index contributed by atoms with van der Waals surface area (Å²) in [6.07, 6.45) is 1.31. The van der Waals surface area contributed by atoms with E-state index in [1.54, 1.807) is 0 Å². The summed E-state index contributed by atoms with van der Waals surface area (Å²) in [5.74, 6) is -1.00. The molecular formula is C6H10N2O2. The van der Waals surface area contributed by atoms with E-state index in [-0.39, 0.29) is 0 Å². The van der Waals surface area contributed by atoms with E-state index >= 15 is 0 Å². The summed E-state index contributed by atoms with van der Waals surface area (Å²) in [7, 11) is 0. The Balaban J connectivity index is 3.32. The molecule has 0 aliphatic carbocycles. The number of nitrogens with two attached hydrogens (primary N) is 1. The highest BCUT2D eigenvalue weighted by molar-refractivity contribution is 5.72. The van der Waals surface area contributed by atoms with Crippen molar-refractivity contribution < 1.29 is 9.90 Å². The topological polar surface area (TPSA) is 87.1 Å². The molecule has 1 atom stereocenters. The first kappa shape index (κ1) is 8.92. The summed E-state index contributed by atoms with van der Waals surface area (Å²) in [5, 5.41) is 16.4. The number of carbonyl (C=O) groups is 1. The maximum absolute atomic E-state index is 10.1. The van der Waals surface area contributed by atoms with Gasteiger partial charge >= 0.3 is 5.97 Å². The lowest BCUT2D eigenvalue weighted by Crippen LogP contribution is -2.29. The van der Waals surface area contributed by atoms with Gasteiger partial charge in [0.1, 0.15) is 6.04 Å². The average molecular weight is 142 g/mol. The van der Waals surface area contributed by atoms with E-state index < -0.39 is 12.0 Å². The van der Waals surface area contributed by atoms with Crippen LogP contribution >= 0.6 is 0 Å². The summed E-state index contributed by atoms with van der Waals surface area (Å²) in [6.45, 7) is 0. The molecule has 0 fully saturated rings. The first-order chi connectivity index (χ1) is 4.68. The van der Waals surface area contributed by atoms with Gasteiger partial charge in [0.2, 0.25) is 0 Å². The third-order valence-corrected chi connectivity index (χ3v) is 1.12. The summed E-state index contributed by atoms with van der Waals surface area (Å²) in [6, 6.07) is 1.10. The highest BCUT2D eigenvalue weighted by Gasteiger charge is 2.09. The lowest BCUT2D eigenvalue weighted by molar-refractivity contribution is -0.138. The predicted octanol–water partition coefficient (Wildman–Crippen LogP) is 0.0922. The first-order valence-corrected chi connectivity index (χ1v) is 3.04. The van der Waals surface area contributed by atoms with Gasteiger partial charge in [-0.1, -0.05) is 0 Å². The number of nitrogens with zero attached hydrogens (tertiary/aromatic N) is 1. The molecule has 0 aromatic rings. The molecule has 0 aliphatic heterocycles. The molecule has 0 saturated carbocycles. The summed E-state index contributed by atoms with van der Waals surface area (Å²) in [4.78, 5) is 10.1. The van der Waals surface area contributed by atoms with E-state index in [0.29, 0.717) is 19.3 Å². The van der Waals surface area contributed by atoms with E-state index in [4.69, 9.17) is 16.1 Å². The van der Waals surface area contributed by atoms with Crippen LogP contribution in [0, 0.1) is 11.3 Å². The Morgan fingerprint density at radius 1 is 1.80 bits per heavy atom. The van der Waals surface area contributed by atoms with Crippen LogP contribution in [0.2, 0.25) is 0 Å². The zero-order chi connectivity index (χ0) is 7.98. The van der Waals surface area contributed by atoms with Gasteiger partial charge in [0.25, 0.3) is 0 Å². The van der Waals surface area contributed by atoms with Crippen LogP contribution in [0.15, 0.2) is 0 Å². The smallest absolute Gasteiger partial charge is 0.320 e. The second kappa shape index (κ2) is 4.77. The van der Waals surface area contributed by atoms with Gasteiger partial charge in [0.05, 0.1) is 6.07 Å². The summed E-state index contributed by atoms with van der Waals surface area (Å²) < 4.78 is 0. The molecule has 56 valence electrons. The van der Waals surface area contributed by atoms with Crippen molar-refractivity contribution in [2.75, 3.05) is 0 Å². The fourth-order valence-corrected chi connectivity index (χ4v) is 0.525. The number of carboxylic acid groups (broad SMARTS) is 1. The van der Waals surface area contributed by atoms with E-state index in [2.05, 4.69) is 0 Å². The van der Waals surface area contributed by atoms with Crippen molar-refractivity contribution in [2.45, 2.75) is 25.3 Å².